The van der Waals surface area contributed by atoms with Crippen LogP contribution in [-0.4, -0.2) is 12.6 Å². The van der Waals surface area contributed by atoms with Gasteiger partial charge in [-0.25, -0.2) is 0 Å². The van der Waals surface area contributed by atoms with Crippen LogP contribution in [0.25, 0.3) is 0 Å². The zero-order valence-electron chi connectivity index (χ0n) is 11.6. The van der Waals surface area contributed by atoms with E-state index in [1.165, 1.54) is 24.8 Å². The van der Waals surface area contributed by atoms with Crippen molar-refractivity contribution in [1.82, 2.24) is 0 Å². The lowest BCUT2D eigenvalue weighted by Gasteiger charge is -2.31. The van der Waals surface area contributed by atoms with Gasteiger partial charge in [0.25, 0.3) is 0 Å². The molecule has 1 fully saturated rings. The second kappa shape index (κ2) is 6.24. The maximum absolute atomic E-state index is 6.14. The lowest BCUT2D eigenvalue weighted by Crippen LogP contribution is -2.28. The molecule has 18 heavy (non-hydrogen) atoms. The number of hydrogen-bond acceptors (Lipinski definition) is 2. The second-order valence-corrected chi connectivity index (χ2v) is 5.84. The molecular formula is C16H25NO. The van der Waals surface area contributed by atoms with Crippen molar-refractivity contribution < 1.29 is 4.74 Å². The molecule has 0 aliphatic heterocycles. The summed E-state index contributed by atoms with van der Waals surface area (Å²) in [4.78, 5) is 0. The van der Waals surface area contributed by atoms with Crippen LogP contribution in [0.3, 0.4) is 0 Å². The highest BCUT2D eigenvalue weighted by Crippen LogP contribution is 2.31. The summed E-state index contributed by atoms with van der Waals surface area (Å²) in [5.41, 5.74) is 6.86. The summed E-state index contributed by atoms with van der Waals surface area (Å²) in [5.74, 6) is 2.57. The molecule has 2 unspecified atom stereocenters. The first-order valence-electron chi connectivity index (χ1n) is 7.13. The van der Waals surface area contributed by atoms with Crippen LogP contribution in [0.1, 0.15) is 38.7 Å². The normalized spacial score (nSPS) is 28.1. The van der Waals surface area contributed by atoms with Gasteiger partial charge < -0.3 is 10.5 Å². The third-order valence-corrected chi connectivity index (χ3v) is 3.77. The van der Waals surface area contributed by atoms with Crippen LogP contribution in [0.15, 0.2) is 24.3 Å². The van der Waals surface area contributed by atoms with Crippen molar-refractivity contribution in [2.75, 3.05) is 6.54 Å². The van der Waals surface area contributed by atoms with Gasteiger partial charge in [-0.05, 0) is 61.8 Å². The van der Waals surface area contributed by atoms with E-state index in [4.69, 9.17) is 10.5 Å². The van der Waals surface area contributed by atoms with E-state index in [1.807, 2.05) is 0 Å². The minimum atomic E-state index is 0.386. The number of rotatable bonds is 4. The summed E-state index contributed by atoms with van der Waals surface area (Å²) in [6, 6.07) is 8.38. The molecule has 1 aromatic carbocycles. The Labute approximate surface area is 111 Å². The highest BCUT2D eigenvalue weighted by atomic mass is 16.5. The maximum atomic E-state index is 6.14. The Morgan fingerprint density at radius 2 is 1.89 bits per heavy atom. The highest BCUT2D eigenvalue weighted by Gasteiger charge is 2.25. The monoisotopic (exact) mass is 247 g/mol. The van der Waals surface area contributed by atoms with E-state index < -0.39 is 0 Å². The van der Waals surface area contributed by atoms with Gasteiger partial charge in [-0.2, -0.15) is 0 Å². The number of hydrogen-bond donors (Lipinski definition) is 1. The van der Waals surface area contributed by atoms with Gasteiger partial charge in [-0.3, -0.25) is 0 Å². The predicted molar refractivity (Wildman–Crippen MR) is 75.8 cm³/mol. The summed E-state index contributed by atoms with van der Waals surface area (Å²) in [5, 5.41) is 0. The van der Waals surface area contributed by atoms with Crippen molar-refractivity contribution in [3.05, 3.63) is 29.8 Å². The Morgan fingerprint density at radius 3 is 2.56 bits per heavy atom. The van der Waals surface area contributed by atoms with E-state index in [1.54, 1.807) is 0 Å². The van der Waals surface area contributed by atoms with Crippen LogP contribution in [0.2, 0.25) is 0 Å². The Hall–Kier alpha value is -1.02. The summed E-state index contributed by atoms with van der Waals surface area (Å²) < 4.78 is 6.14. The highest BCUT2D eigenvalue weighted by molar-refractivity contribution is 5.29. The fourth-order valence-electron chi connectivity index (χ4n) is 3.10. The molecule has 1 aromatic rings. The molecule has 2 heteroatoms. The molecule has 0 heterocycles. The van der Waals surface area contributed by atoms with Crippen LogP contribution < -0.4 is 10.5 Å². The lowest BCUT2D eigenvalue weighted by atomic mass is 9.82. The molecule has 1 saturated carbocycles. The maximum Gasteiger partial charge on any atom is 0.119 e. The number of nitrogens with two attached hydrogens (primary N) is 1. The molecule has 0 bridgehead atoms. The summed E-state index contributed by atoms with van der Waals surface area (Å²) in [7, 11) is 0. The smallest absolute Gasteiger partial charge is 0.119 e. The standard InChI is InChI=1S/C16H25NO/c1-12-8-13(2)10-16(9-12)18-15-5-3-4-14(11-15)6-7-17/h3-5,11-13,16H,6-10,17H2,1-2H3. The van der Waals surface area contributed by atoms with Gasteiger partial charge in [0.15, 0.2) is 0 Å². The lowest BCUT2D eigenvalue weighted by molar-refractivity contribution is 0.101. The third kappa shape index (κ3) is 3.74. The molecule has 100 valence electrons. The van der Waals surface area contributed by atoms with Crippen molar-refractivity contribution in [2.45, 2.75) is 45.6 Å². The van der Waals surface area contributed by atoms with E-state index in [2.05, 4.69) is 38.1 Å². The van der Waals surface area contributed by atoms with Crippen LogP contribution in [0.5, 0.6) is 5.75 Å². The van der Waals surface area contributed by atoms with E-state index in [0.29, 0.717) is 12.6 Å². The Bertz CT molecular complexity index is 367. The first kappa shape index (κ1) is 13.4. The molecule has 0 spiro atoms. The van der Waals surface area contributed by atoms with Gasteiger partial charge in [0.05, 0.1) is 6.10 Å². The van der Waals surface area contributed by atoms with Gasteiger partial charge in [0.1, 0.15) is 5.75 Å². The topological polar surface area (TPSA) is 35.2 Å². The quantitative estimate of drug-likeness (QED) is 0.885. The van der Waals surface area contributed by atoms with Crippen molar-refractivity contribution in [2.24, 2.45) is 17.6 Å². The van der Waals surface area contributed by atoms with Crippen LogP contribution in [-0.2, 0) is 6.42 Å². The Morgan fingerprint density at radius 1 is 1.17 bits per heavy atom. The molecule has 2 N–H and O–H groups in total. The van der Waals surface area contributed by atoms with E-state index in [0.717, 1.165) is 24.0 Å². The molecule has 2 nitrogen and oxygen atoms in total. The van der Waals surface area contributed by atoms with E-state index >= 15 is 0 Å². The molecule has 0 radical (unpaired) electrons. The molecule has 0 aromatic heterocycles. The predicted octanol–water partition coefficient (Wildman–Crippen LogP) is 3.39. The van der Waals surface area contributed by atoms with E-state index in [-0.39, 0.29) is 0 Å². The first-order chi connectivity index (χ1) is 8.67. The van der Waals surface area contributed by atoms with Gasteiger partial charge in [0, 0.05) is 0 Å². The van der Waals surface area contributed by atoms with Crippen molar-refractivity contribution >= 4 is 0 Å². The zero-order valence-corrected chi connectivity index (χ0v) is 11.6. The van der Waals surface area contributed by atoms with Gasteiger partial charge in [-0.15, -0.1) is 0 Å². The minimum absolute atomic E-state index is 0.386. The van der Waals surface area contributed by atoms with Crippen LogP contribution in [0.4, 0.5) is 0 Å². The third-order valence-electron chi connectivity index (χ3n) is 3.77. The largest absolute Gasteiger partial charge is 0.490 e. The van der Waals surface area contributed by atoms with Crippen LogP contribution >= 0.6 is 0 Å². The SMILES string of the molecule is CC1CC(C)CC(Oc2cccc(CCN)c2)C1. The zero-order chi connectivity index (χ0) is 13.0. The first-order valence-corrected chi connectivity index (χ1v) is 7.13. The fourth-order valence-corrected chi connectivity index (χ4v) is 3.10. The van der Waals surface area contributed by atoms with Crippen molar-refractivity contribution in [1.29, 1.82) is 0 Å². The Balaban J connectivity index is 1.97. The average Bonchev–Trinajstić information content (AvgIpc) is 2.28. The Kier molecular flexibility index (Phi) is 4.65. The summed E-state index contributed by atoms with van der Waals surface area (Å²) in [6.07, 6.45) is 5.02. The van der Waals surface area contributed by atoms with Gasteiger partial charge in [-0.1, -0.05) is 26.0 Å². The summed E-state index contributed by atoms with van der Waals surface area (Å²) in [6.45, 7) is 5.36. The summed E-state index contributed by atoms with van der Waals surface area (Å²) >= 11 is 0. The molecular weight excluding hydrogens is 222 g/mol. The molecule has 1 aliphatic rings. The fraction of sp³-hybridized carbons (Fsp3) is 0.625. The minimum Gasteiger partial charge on any atom is -0.490 e. The average molecular weight is 247 g/mol. The molecule has 2 rings (SSSR count). The molecule has 2 atom stereocenters. The van der Waals surface area contributed by atoms with E-state index in [9.17, 15) is 0 Å². The number of benzene rings is 1. The van der Waals surface area contributed by atoms with Crippen molar-refractivity contribution in [3.63, 3.8) is 0 Å². The molecule has 0 amide bonds. The van der Waals surface area contributed by atoms with Gasteiger partial charge in [0.2, 0.25) is 0 Å². The second-order valence-electron chi connectivity index (χ2n) is 5.84. The van der Waals surface area contributed by atoms with Crippen molar-refractivity contribution in [3.8, 4) is 5.75 Å². The van der Waals surface area contributed by atoms with Crippen LogP contribution in [0, 0.1) is 11.8 Å². The molecule has 1 aliphatic carbocycles. The van der Waals surface area contributed by atoms with Gasteiger partial charge >= 0.3 is 0 Å². The molecule has 0 saturated heterocycles. The number of ether oxygens (including phenoxy) is 1.